The zero-order chi connectivity index (χ0) is 21.5. The maximum atomic E-state index is 13.0. The molecule has 1 saturated heterocycles. The van der Waals surface area contributed by atoms with Crippen LogP contribution in [0.15, 0.2) is 78.9 Å². The van der Waals surface area contributed by atoms with Crippen LogP contribution in [-0.4, -0.2) is 44.1 Å². The van der Waals surface area contributed by atoms with Crippen LogP contribution in [0.4, 0.5) is 5.69 Å². The first-order chi connectivity index (χ1) is 15.2. The van der Waals surface area contributed by atoms with E-state index in [1.807, 2.05) is 71.6 Å². The zero-order valence-corrected chi connectivity index (χ0v) is 17.9. The molecule has 31 heavy (non-hydrogen) atoms. The topological polar surface area (TPSA) is 42.0 Å². The van der Waals surface area contributed by atoms with Crippen LogP contribution >= 0.6 is 0 Å². The molecular formula is C26H28N2O3. The summed E-state index contributed by atoms with van der Waals surface area (Å²) >= 11 is 0. The lowest BCUT2D eigenvalue weighted by atomic mass is 10.2. The molecule has 1 fully saturated rings. The van der Waals surface area contributed by atoms with E-state index < -0.39 is 0 Å². The highest BCUT2D eigenvalue weighted by Gasteiger charge is 2.20. The molecule has 0 saturated carbocycles. The number of methoxy groups -OCH3 is 1. The van der Waals surface area contributed by atoms with Crippen molar-refractivity contribution in [2.45, 2.75) is 13.0 Å². The van der Waals surface area contributed by atoms with Crippen molar-refractivity contribution in [3.05, 3.63) is 90.0 Å². The van der Waals surface area contributed by atoms with Gasteiger partial charge in [-0.15, -0.1) is 0 Å². The molecule has 1 heterocycles. The maximum Gasteiger partial charge on any atom is 0.253 e. The lowest BCUT2D eigenvalue weighted by Crippen LogP contribution is -2.35. The predicted octanol–water partition coefficient (Wildman–Crippen LogP) is 4.63. The summed E-state index contributed by atoms with van der Waals surface area (Å²) in [7, 11) is 1.67. The molecule has 160 valence electrons. The molecule has 0 atom stereocenters. The summed E-state index contributed by atoms with van der Waals surface area (Å²) in [5, 5.41) is 0. The average Bonchev–Trinajstić information content (AvgIpc) is 3.10. The van der Waals surface area contributed by atoms with E-state index in [-0.39, 0.29) is 5.91 Å². The van der Waals surface area contributed by atoms with Gasteiger partial charge in [0.15, 0.2) is 0 Å². The summed E-state index contributed by atoms with van der Waals surface area (Å²) in [5.74, 6) is 1.69. The normalized spacial score (nSPS) is 14.1. The molecule has 3 aromatic carbocycles. The highest BCUT2D eigenvalue weighted by Crippen LogP contribution is 2.21. The van der Waals surface area contributed by atoms with Crippen LogP contribution in [0.2, 0.25) is 0 Å². The minimum atomic E-state index is 0.0752. The first-order valence-corrected chi connectivity index (χ1v) is 10.7. The summed E-state index contributed by atoms with van der Waals surface area (Å²) < 4.78 is 11.1. The van der Waals surface area contributed by atoms with Gasteiger partial charge in [-0.1, -0.05) is 30.3 Å². The van der Waals surface area contributed by atoms with Gasteiger partial charge in [0.05, 0.1) is 7.11 Å². The Balaban J connectivity index is 1.33. The van der Waals surface area contributed by atoms with E-state index in [1.54, 1.807) is 7.11 Å². The van der Waals surface area contributed by atoms with Gasteiger partial charge in [0.2, 0.25) is 0 Å². The number of hydrogen-bond donors (Lipinski definition) is 0. The van der Waals surface area contributed by atoms with Crippen molar-refractivity contribution in [2.75, 3.05) is 38.2 Å². The van der Waals surface area contributed by atoms with E-state index in [2.05, 4.69) is 17.0 Å². The van der Waals surface area contributed by atoms with E-state index in [0.29, 0.717) is 18.7 Å². The Morgan fingerprint density at radius 3 is 2.23 bits per heavy atom. The molecular weight excluding hydrogens is 388 g/mol. The van der Waals surface area contributed by atoms with Gasteiger partial charge < -0.3 is 19.3 Å². The fourth-order valence-corrected chi connectivity index (χ4v) is 3.79. The van der Waals surface area contributed by atoms with Crippen LogP contribution in [0.25, 0.3) is 0 Å². The van der Waals surface area contributed by atoms with Crippen molar-refractivity contribution >= 4 is 11.6 Å². The quantitative estimate of drug-likeness (QED) is 0.588. The highest BCUT2D eigenvalue weighted by molar-refractivity contribution is 5.94. The molecule has 1 aliphatic rings. The Bertz CT molecular complexity index is 972. The van der Waals surface area contributed by atoms with Crippen LogP contribution in [0.3, 0.4) is 0 Å². The van der Waals surface area contributed by atoms with Gasteiger partial charge in [-0.25, -0.2) is 0 Å². The van der Waals surface area contributed by atoms with Crippen molar-refractivity contribution < 1.29 is 14.3 Å². The van der Waals surface area contributed by atoms with Crippen LogP contribution in [0.5, 0.6) is 11.5 Å². The number of hydrogen-bond acceptors (Lipinski definition) is 4. The largest absolute Gasteiger partial charge is 0.497 e. The van der Waals surface area contributed by atoms with Gasteiger partial charge in [0.1, 0.15) is 18.1 Å². The smallest absolute Gasteiger partial charge is 0.253 e. The minimum absolute atomic E-state index is 0.0752. The van der Waals surface area contributed by atoms with Crippen molar-refractivity contribution in [1.82, 2.24) is 4.90 Å². The van der Waals surface area contributed by atoms with E-state index in [4.69, 9.17) is 9.47 Å². The third kappa shape index (κ3) is 5.37. The monoisotopic (exact) mass is 416 g/mol. The fourth-order valence-electron chi connectivity index (χ4n) is 3.79. The number of carbonyl (C=O) groups excluding carboxylic acids is 1. The number of benzene rings is 3. The second kappa shape index (κ2) is 10.0. The summed E-state index contributed by atoms with van der Waals surface area (Å²) in [4.78, 5) is 17.3. The Kier molecular flexibility index (Phi) is 6.72. The molecule has 0 bridgehead atoms. The highest BCUT2D eigenvalue weighted by atomic mass is 16.5. The Morgan fingerprint density at radius 1 is 0.806 bits per heavy atom. The predicted molar refractivity (Wildman–Crippen MR) is 123 cm³/mol. The zero-order valence-electron chi connectivity index (χ0n) is 17.9. The first-order valence-electron chi connectivity index (χ1n) is 10.7. The molecule has 0 aromatic heterocycles. The lowest BCUT2D eigenvalue weighted by molar-refractivity contribution is 0.0767. The van der Waals surface area contributed by atoms with Crippen molar-refractivity contribution in [2.24, 2.45) is 0 Å². The molecule has 5 nitrogen and oxygen atoms in total. The van der Waals surface area contributed by atoms with Gasteiger partial charge in [-0.2, -0.15) is 0 Å². The first kappa shape index (κ1) is 20.8. The molecule has 0 N–H and O–H groups in total. The third-order valence-corrected chi connectivity index (χ3v) is 5.57. The Hall–Kier alpha value is -3.47. The van der Waals surface area contributed by atoms with Gasteiger partial charge in [-0.3, -0.25) is 4.79 Å². The SMILES string of the molecule is COc1ccc(N2CCCN(C(=O)c3ccc(OCc4ccccc4)cc3)CC2)cc1. The third-order valence-electron chi connectivity index (χ3n) is 5.57. The number of anilines is 1. The molecule has 3 aromatic rings. The molecule has 1 amide bonds. The summed E-state index contributed by atoms with van der Waals surface area (Å²) in [6.45, 7) is 3.73. The van der Waals surface area contributed by atoms with E-state index in [1.165, 1.54) is 0 Å². The lowest BCUT2D eigenvalue weighted by Gasteiger charge is -2.24. The van der Waals surface area contributed by atoms with Gasteiger partial charge in [-0.05, 0) is 60.5 Å². The summed E-state index contributed by atoms with van der Waals surface area (Å²) in [6.07, 6.45) is 0.941. The second-order valence-electron chi connectivity index (χ2n) is 7.63. The molecule has 0 unspecified atom stereocenters. The molecule has 0 spiro atoms. The van der Waals surface area contributed by atoms with E-state index in [9.17, 15) is 4.79 Å². The average molecular weight is 417 g/mol. The van der Waals surface area contributed by atoms with Crippen LogP contribution in [0, 0.1) is 0 Å². The number of ether oxygens (including phenoxy) is 2. The minimum Gasteiger partial charge on any atom is -0.497 e. The van der Waals surface area contributed by atoms with Crippen LogP contribution in [0.1, 0.15) is 22.3 Å². The van der Waals surface area contributed by atoms with Crippen LogP contribution in [-0.2, 0) is 6.61 Å². The summed E-state index contributed by atoms with van der Waals surface area (Å²) in [5.41, 5.74) is 2.98. The van der Waals surface area contributed by atoms with Crippen molar-refractivity contribution in [3.8, 4) is 11.5 Å². The van der Waals surface area contributed by atoms with Gasteiger partial charge in [0.25, 0.3) is 5.91 Å². The number of nitrogens with zero attached hydrogens (tertiary/aromatic N) is 2. The van der Waals surface area contributed by atoms with E-state index >= 15 is 0 Å². The number of amides is 1. The van der Waals surface area contributed by atoms with Crippen LogP contribution < -0.4 is 14.4 Å². The molecule has 0 radical (unpaired) electrons. The van der Waals surface area contributed by atoms with Gasteiger partial charge >= 0.3 is 0 Å². The standard InChI is InChI=1S/C26H28N2O3/c1-30-24-14-10-23(11-15-24)27-16-5-17-28(19-18-27)26(29)22-8-12-25(13-9-22)31-20-21-6-3-2-4-7-21/h2-4,6-15H,5,16-20H2,1H3. The fraction of sp³-hybridized carbons (Fsp3) is 0.269. The summed E-state index contributed by atoms with van der Waals surface area (Å²) in [6, 6.07) is 25.6. The number of rotatable bonds is 6. The molecule has 1 aliphatic heterocycles. The number of carbonyl (C=O) groups is 1. The molecule has 5 heteroatoms. The van der Waals surface area contributed by atoms with Crippen molar-refractivity contribution in [3.63, 3.8) is 0 Å². The van der Waals surface area contributed by atoms with Crippen molar-refractivity contribution in [1.29, 1.82) is 0 Å². The van der Waals surface area contributed by atoms with E-state index in [0.717, 1.165) is 48.8 Å². The second-order valence-corrected chi connectivity index (χ2v) is 7.63. The Labute approximate surface area is 183 Å². The Morgan fingerprint density at radius 2 is 1.52 bits per heavy atom. The molecule has 4 rings (SSSR count). The molecule has 0 aliphatic carbocycles. The maximum absolute atomic E-state index is 13.0. The van der Waals surface area contributed by atoms with Gasteiger partial charge in [0, 0.05) is 37.4 Å².